The summed E-state index contributed by atoms with van der Waals surface area (Å²) >= 11 is 12.5. The first kappa shape index (κ1) is 34.8. The van der Waals surface area contributed by atoms with Gasteiger partial charge < -0.3 is 15.0 Å². The molecule has 0 unspecified atom stereocenters. The van der Waals surface area contributed by atoms with Crippen LogP contribution in [0.25, 0.3) is 0 Å². The molecule has 0 aliphatic rings. The standard InChI is InChI=1S/C35H37Cl2N3O5S/c1-4-45-29-18-16-28(17-19-29)40(46(43,44)30-13-9-6-10-14-30)24-34(41)39(23-27-15-20-31(36)32(37)21-27)33(35(42)38-25(2)3)22-26-11-7-5-8-12-26/h5-21,25,33H,4,22-24H2,1-3H3,(H,38,42)/t33-/m0/s1. The number of hydrogen-bond donors (Lipinski definition) is 1. The van der Waals surface area contributed by atoms with Gasteiger partial charge in [0, 0.05) is 19.0 Å². The lowest BCUT2D eigenvalue weighted by Crippen LogP contribution is -2.54. The summed E-state index contributed by atoms with van der Waals surface area (Å²) in [7, 11) is -4.21. The van der Waals surface area contributed by atoms with E-state index in [1.807, 2.05) is 51.1 Å². The van der Waals surface area contributed by atoms with Gasteiger partial charge in [-0.05, 0) is 80.4 Å². The summed E-state index contributed by atoms with van der Waals surface area (Å²) in [4.78, 5) is 29.7. The van der Waals surface area contributed by atoms with Crippen molar-refractivity contribution in [3.05, 3.63) is 124 Å². The highest BCUT2D eigenvalue weighted by Crippen LogP contribution is 2.28. The van der Waals surface area contributed by atoms with Gasteiger partial charge in [0.2, 0.25) is 11.8 Å². The summed E-state index contributed by atoms with van der Waals surface area (Å²) in [5, 5.41) is 3.58. The fourth-order valence-corrected chi connectivity index (χ4v) is 6.65. The number of carbonyl (C=O) groups is 2. The number of benzene rings is 4. The Morgan fingerprint density at radius 3 is 2.04 bits per heavy atom. The zero-order chi connectivity index (χ0) is 33.3. The molecule has 0 aromatic heterocycles. The molecule has 46 heavy (non-hydrogen) atoms. The zero-order valence-electron chi connectivity index (χ0n) is 25.9. The largest absolute Gasteiger partial charge is 0.494 e. The summed E-state index contributed by atoms with van der Waals surface area (Å²) in [6.45, 7) is 5.36. The number of amides is 2. The molecule has 1 atom stereocenters. The minimum absolute atomic E-state index is 0.0195. The van der Waals surface area contributed by atoms with Crippen LogP contribution >= 0.6 is 23.2 Å². The first-order chi connectivity index (χ1) is 22.0. The van der Waals surface area contributed by atoms with Crippen LogP contribution in [-0.4, -0.2) is 50.4 Å². The monoisotopic (exact) mass is 681 g/mol. The van der Waals surface area contributed by atoms with Crippen LogP contribution in [0.2, 0.25) is 10.0 Å². The van der Waals surface area contributed by atoms with Crippen LogP contribution in [-0.2, 0) is 32.6 Å². The number of nitrogens with one attached hydrogen (secondary N) is 1. The molecule has 11 heteroatoms. The number of sulfonamides is 1. The van der Waals surface area contributed by atoms with Crippen LogP contribution in [0.15, 0.2) is 108 Å². The van der Waals surface area contributed by atoms with E-state index in [-0.39, 0.29) is 35.5 Å². The van der Waals surface area contributed by atoms with E-state index in [2.05, 4.69) is 5.32 Å². The van der Waals surface area contributed by atoms with Crippen molar-refractivity contribution in [2.24, 2.45) is 0 Å². The summed E-state index contributed by atoms with van der Waals surface area (Å²) < 4.78 is 34.8. The number of hydrogen-bond acceptors (Lipinski definition) is 5. The molecule has 0 spiro atoms. The Hall–Kier alpha value is -4.05. The molecule has 2 amide bonds. The van der Waals surface area contributed by atoms with Crippen molar-refractivity contribution >= 4 is 50.7 Å². The van der Waals surface area contributed by atoms with Gasteiger partial charge in [-0.15, -0.1) is 0 Å². The normalized spacial score (nSPS) is 12.0. The third-order valence-electron chi connectivity index (χ3n) is 7.08. The molecule has 0 fully saturated rings. The van der Waals surface area contributed by atoms with Gasteiger partial charge in [0.1, 0.15) is 18.3 Å². The first-order valence-electron chi connectivity index (χ1n) is 14.9. The lowest BCUT2D eigenvalue weighted by molar-refractivity contribution is -0.140. The highest BCUT2D eigenvalue weighted by Gasteiger charge is 2.35. The Morgan fingerprint density at radius 2 is 1.46 bits per heavy atom. The van der Waals surface area contributed by atoms with Crippen LogP contribution in [0, 0.1) is 0 Å². The number of rotatable bonds is 14. The van der Waals surface area contributed by atoms with Crippen LogP contribution < -0.4 is 14.4 Å². The maximum Gasteiger partial charge on any atom is 0.264 e. The van der Waals surface area contributed by atoms with Crippen molar-refractivity contribution in [2.75, 3.05) is 17.5 Å². The van der Waals surface area contributed by atoms with Crippen LogP contribution in [0.1, 0.15) is 31.9 Å². The van der Waals surface area contributed by atoms with Crippen molar-refractivity contribution < 1.29 is 22.7 Å². The molecule has 0 heterocycles. The van der Waals surface area contributed by atoms with Gasteiger partial charge in [0.25, 0.3) is 10.0 Å². The third-order valence-corrected chi connectivity index (χ3v) is 9.61. The molecular formula is C35H37Cl2N3O5S. The summed E-state index contributed by atoms with van der Waals surface area (Å²) in [5.41, 5.74) is 1.72. The predicted molar refractivity (Wildman–Crippen MR) is 183 cm³/mol. The quantitative estimate of drug-likeness (QED) is 0.159. The lowest BCUT2D eigenvalue weighted by atomic mass is 10.0. The molecule has 242 valence electrons. The van der Waals surface area contributed by atoms with Gasteiger partial charge in [-0.2, -0.15) is 0 Å². The van der Waals surface area contributed by atoms with Crippen LogP contribution in [0.5, 0.6) is 5.75 Å². The Morgan fingerprint density at radius 1 is 0.826 bits per heavy atom. The van der Waals surface area contributed by atoms with Crippen molar-refractivity contribution in [1.82, 2.24) is 10.2 Å². The van der Waals surface area contributed by atoms with E-state index in [4.69, 9.17) is 27.9 Å². The SMILES string of the molecule is CCOc1ccc(N(CC(=O)N(Cc2ccc(Cl)c(Cl)c2)[C@@H](Cc2ccccc2)C(=O)NC(C)C)S(=O)(=O)c2ccccc2)cc1. The van der Waals surface area contributed by atoms with Crippen LogP contribution in [0.3, 0.4) is 0 Å². The summed E-state index contributed by atoms with van der Waals surface area (Å²) in [6.07, 6.45) is 0.195. The summed E-state index contributed by atoms with van der Waals surface area (Å²) in [5.74, 6) is -0.394. The molecule has 0 bridgehead atoms. The van der Waals surface area contributed by atoms with Crippen molar-refractivity contribution in [1.29, 1.82) is 0 Å². The maximum atomic E-state index is 14.5. The Balaban J connectivity index is 1.81. The minimum atomic E-state index is -4.21. The average Bonchev–Trinajstić information content (AvgIpc) is 3.04. The molecule has 0 radical (unpaired) electrons. The second-order valence-electron chi connectivity index (χ2n) is 10.9. The molecule has 4 aromatic rings. The van der Waals surface area contributed by atoms with E-state index < -0.39 is 28.5 Å². The fourth-order valence-electron chi connectivity index (χ4n) is 4.89. The first-order valence-corrected chi connectivity index (χ1v) is 17.1. The molecule has 1 N–H and O–H groups in total. The van der Waals surface area contributed by atoms with Gasteiger partial charge >= 0.3 is 0 Å². The van der Waals surface area contributed by atoms with E-state index in [1.54, 1.807) is 60.7 Å². The predicted octanol–water partition coefficient (Wildman–Crippen LogP) is 6.75. The number of anilines is 1. The molecule has 0 aliphatic carbocycles. The smallest absolute Gasteiger partial charge is 0.264 e. The Bertz CT molecular complexity index is 1720. The zero-order valence-corrected chi connectivity index (χ0v) is 28.2. The van der Waals surface area contributed by atoms with E-state index in [0.717, 1.165) is 9.87 Å². The molecular weight excluding hydrogens is 645 g/mol. The van der Waals surface area contributed by atoms with Gasteiger partial charge in [0.05, 0.1) is 27.2 Å². The van der Waals surface area contributed by atoms with Gasteiger partial charge in [-0.3, -0.25) is 13.9 Å². The van der Waals surface area contributed by atoms with Crippen molar-refractivity contribution in [2.45, 2.75) is 50.7 Å². The molecule has 4 rings (SSSR count). The van der Waals surface area contributed by atoms with Crippen molar-refractivity contribution in [3.8, 4) is 5.75 Å². The van der Waals surface area contributed by atoms with E-state index in [0.29, 0.717) is 28.0 Å². The average molecular weight is 683 g/mol. The minimum Gasteiger partial charge on any atom is -0.494 e. The number of halogens is 2. The van der Waals surface area contributed by atoms with Gasteiger partial charge in [-0.25, -0.2) is 8.42 Å². The van der Waals surface area contributed by atoms with E-state index in [9.17, 15) is 18.0 Å². The second-order valence-corrected chi connectivity index (χ2v) is 13.6. The highest BCUT2D eigenvalue weighted by molar-refractivity contribution is 7.92. The Kier molecular flexibility index (Phi) is 12.1. The molecule has 0 saturated heterocycles. The molecule has 4 aromatic carbocycles. The van der Waals surface area contributed by atoms with Gasteiger partial charge in [0.15, 0.2) is 0 Å². The molecule has 0 aliphatic heterocycles. The Labute approximate surface area is 280 Å². The van der Waals surface area contributed by atoms with E-state index >= 15 is 0 Å². The summed E-state index contributed by atoms with van der Waals surface area (Å²) in [6, 6.07) is 27.5. The van der Waals surface area contributed by atoms with Crippen molar-refractivity contribution in [3.63, 3.8) is 0 Å². The second kappa shape index (κ2) is 16.0. The lowest BCUT2D eigenvalue weighted by Gasteiger charge is -2.34. The molecule has 0 saturated carbocycles. The van der Waals surface area contributed by atoms with Crippen LogP contribution in [0.4, 0.5) is 5.69 Å². The highest BCUT2D eigenvalue weighted by atomic mass is 35.5. The maximum absolute atomic E-state index is 14.5. The number of nitrogens with zero attached hydrogens (tertiary/aromatic N) is 2. The van der Waals surface area contributed by atoms with Gasteiger partial charge in [-0.1, -0.05) is 77.8 Å². The number of ether oxygens (including phenoxy) is 1. The number of carbonyl (C=O) groups excluding carboxylic acids is 2. The fraction of sp³-hybridized carbons (Fsp3) is 0.257. The topological polar surface area (TPSA) is 96.0 Å². The van der Waals surface area contributed by atoms with E-state index in [1.165, 1.54) is 17.0 Å². The molecule has 8 nitrogen and oxygen atoms in total. The third kappa shape index (κ3) is 9.02.